The molecule has 1 heterocycles. The molecule has 0 unspecified atom stereocenters. The largest absolute Gasteiger partial charge is 0.416 e. The van der Waals surface area contributed by atoms with Gasteiger partial charge in [0.25, 0.3) is 0 Å². The molecule has 0 radical (unpaired) electrons. The highest BCUT2D eigenvalue weighted by atomic mass is 127. The van der Waals surface area contributed by atoms with Gasteiger partial charge in [-0.2, -0.15) is 13.2 Å². The number of benzene rings is 1. The number of halogens is 5. The number of aliphatic imine (C=N–C) groups is 1. The summed E-state index contributed by atoms with van der Waals surface area (Å²) < 4.78 is 57.3. The van der Waals surface area contributed by atoms with Crippen molar-refractivity contribution in [3.05, 3.63) is 52.7 Å². The standard InChI is InChI=1S/C17H20F4N4O.HI/c1-10(2)15-7-13(26-25-15)9-24-16(22-3)23-8-11-4-5-12(18)6-14(11)17(19,20)21;/h4-7,10H,8-9H2,1-3H3,(H2,22,23,24);1H. The lowest BCUT2D eigenvalue weighted by Crippen LogP contribution is -2.36. The normalized spacial score (nSPS) is 12.1. The van der Waals surface area contributed by atoms with E-state index in [1.54, 1.807) is 6.07 Å². The summed E-state index contributed by atoms with van der Waals surface area (Å²) in [7, 11) is 1.49. The molecule has 0 aliphatic heterocycles. The highest BCUT2D eigenvalue weighted by Crippen LogP contribution is 2.32. The fourth-order valence-electron chi connectivity index (χ4n) is 2.22. The molecule has 10 heteroatoms. The van der Waals surface area contributed by atoms with Crippen LogP contribution in [0.4, 0.5) is 17.6 Å². The van der Waals surface area contributed by atoms with E-state index in [0.717, 1.165) is 17.8 Å². The van der Waals surface area contributed by atoms with Crippen molar-refractivity contribution in [3.8, 4) is 0 Å². The SMILES string of the molecule is CN=C(NCc1cc(C(C)C)no1)NCc1ccc(F)cc1C(F)(F)F.I. The van der Waals surface area contributed by atoms with Crippen LogP contribution in [0.1, 0.15) is 42.3 Å². The Labute approximate surface area is 171 Å². The summed E-state index contributed by atoms with van der Waals surface area (Å²) in [6, 6.07) is 4.37. The third-order valence-corrected chi connectivity index (χ3v) is 3.65. The highest BCUT2D eigenvalue weighted by molar-refractivity contribution is 14.0. The molecule has 27 heavy (non-hydrogen) atoms. The molecule has 0 fully saturated rings. The molecule has 0 saturated carbocycles. The Kier molecular flexibility index (Phi) is 8.51. The Bertz CT molecular complexity index is 775. The number of hydrogen-bond donors (Lipinski definition) is 2. The zero-order valence-corrected chi connectivity index (χ0v) is 17.4. The van der Waals surface area contributed by atoms with Crippen LogP contribution in [0.3, 0.4) is 0 Å². The molecule has 0 aliphatic rings. The first kappa shape index (κ1) is 23.2. The molecule has 0 saturated heterocycles. The quantitative estimate of drug-likeness (QED) is 0.276. The molecule has 1 aromatic carbocycles. The van der Waals surface area contributed by atoms with Gasteiger partial charge < -0.3 is 15.2 Å². The van der Waals surface area contributed by atoms with E-state index in [1.165, 1.54) is 7.05 Å². The van der Waals surface area contributed by atoms with Crippen molar-refractivity contribution in [2.45, 2.75) is 39.0 Å². The lowest BCUT2D eigenvalue weighted by Gasteiger charge is -2.15. The van der Waals surface area contributed by atoms with E-state index >= 15 is 0 Å². The Morgan fingerprint density at radius 2 is 1.85 bits per heavy atom. The van der Waals surface area contributed by atoms with Crippen LogP contribution in [-0.4, -0.2) is 18.2 Å². The number of alkyl halides is 3. The molecule has 2 aromatic rings. The Morgan fingerprint density at radius 3 is 2.41 bits per heavy atom. The van der Waals surface area contributed by atoms with Crippen LogP contribution in [0, 0.1) is 5.82 Å². The van der Waals surface area contributed by atoms with Gasteiger partial charge in [-0.3, -0.25) is 4.99 Å². The zero-order chi connectivity index (χ0) is 19.3. The van der Waals surface area contributed by atoms with Gasteiger partial charge in [0, 0.05) is 19.7 Å². The Balaban J connectivity index is 0.00000364. The van der Waals surface area contributed by atoms with Crippen LogP contribution in [0.2, 0.25) is 0 Å². The monoisotopic (exact) mass is 500 g/mol. The lowest BCUT2D eigenvalue weighted by atomic mass is 10.1. The second-order valence-corrected chi connectivity index (χ2v) is 5.95. The van der Waals surface area contributed by atoms with E-state index in [9.17, 15) is 17.6 Å². The van der Waals surface area contributed by atoms with Gasteiger partial charge in [-0.1, -0.05) is 25.1 Å². The average Bonchev–Trinajstić information content (AvgIpc) is 3.04. The first-order valence-corrected chi connectivity index (χ1v) is 7.96. The minimum atomic E-state index is -4.64. The maximum atomic E-state index is 13.1. The van der Waals surface area contributed by atoms with E-state index in [1.807, 2.05) is 13.8 Å². The number of nitrogens with zero attached hydrogens (tertiary/aromatic N) is 2. The Hall–Kier alpha value is -1.85. The van der Waals surface area contributed by atoms with Crippen LogP contribution < -0.4 is 10.6 Å². The van der Waals surface area contributed by atoms with E-state index in [0.29, 0.717) is 11.8 Å². The second kappa shape index (κ2) is 9.90. The molecule has 0 amide bonds. The second-order valence-electron chi connectivity index (χ2n) is 5.95. The molecule has 5 nitrogen and oxygen atoms in total. The van der Waals surface area contributed by atoms with Gasteiger partial charge in [0.1, 0.15) is 5.82 Å². The topological polar surface area (TPSA) is 62.5 Å². The first-order chi connectivity index (χ1) is 12.2. The average molecular weight is 500 g/mol. The van der Waals surface area contributed by atoms with Crippen molar-refractivity contribution in [1.29, 1.82) is 0 Å². The fraction of sp³-hybridized carbons (Fsp3) is 0.412. The molecule has 0 spiro atoms. The predicted molar refractivity (Wildman–Crippen MR) is 104 cm³/mol. The summed E-state index contributed by atoms with van der Waals surface area (Å²) in [5.41, 5.74) is -0.285. The minimum absolute atomic E-state index is 0. The lowest BCUT2D eigenvalue weighted by molar-refractivity contribution is -0.138. The smallest absolute Gasteiger partial charge is 0.359 e. The van der Waals surface area contributed by atoms with Gasteiger partial charge in [-0.15, -0.1) is 24.0 Å². The van der Waals surface area contributed by atoms with Gasteiger partial charge in [0.15, 0.2) is 11.7 Å². The first-order valence-electron chi connectivity index (χ1n) is 7.96. The third kappa shape index (κ3) is 6.67. The summed E-state index contributed by atoms with van der Waals surface area (Å²) in [5, 5.41) is 9.62. The van der Waals surface area contributed by atoms with E-state index in [4.69, 9.17) is 4.52 Å². The molecule has 0 atom stereocenters. The molecule has 0 bridgehead atoms. The minimum Gasteiger partial charge on any atom is -0.359 e. The van der Waals surface area contributed by atoms with E-state index < -0.39 is 17.6 Å². The van der Waals surface area contributed by atoms with Gasteiger partial charge in [0.2, 0.25) is 0 Å². The van der Waals surface area contributed by atoms with Crippen LogP contribution in [0.5, 0.6) is 0 Å². The molecule has 1 aromatic heterocycles. The van der Waals surface area contributed by atoms with Gasteiger partial charge >= 0.3 is 6.18 Å². The van der Waals surface area contributed by atoms with Crippen molar-refractivity contribution in [2.75, 3.05) is 7.05 Å². The summed E-state index contributed by atoms with van der Waals surface area (Å²) >= 11 is 0. The van der Waals surface area contributed by atoms with Crippen molar-refractivity contribution in [2.24, 2.45) is 4.99 Å². The van der Waals surface area contributed by atoms with Gasteiger partial charge in [-0.25, -0.2) is 4.39 Å². The summed E-state index contributed by atoms with van der Waals surface area (Å²) in [4.78, 5) is 3.95. The highest BCUT2D eigenvalue weighted by Gasteiger charge is 2.33. The number of rotatable bonds is 5. The number of aromatic nitrogens is 1. The van der Waals surface area contributed by atoms with Crippen LogP contribution in [0.15, 0.2) is 33.8 Å². The van der Waals surface area contributed by atoms with E-state index in [-0.39, 0.29) is 54.5 Å². The number of nitrogens with one attached hydrogen (secondary N) is 2. The van der Waals surface area contributed by atoms with Crippen molar-refractivity contribution < 1.29 is 22.1 Å². The van der Waals surface area contributed by atoms with Crippen molar-refractivity contribution in [3.63, 3.8) is 0 Å². The van der Waals surface area contributed by atoms with E-state index in [2.05, 4.69) is 20.8 Å². The maximum Gasteiger partial charge on any atom is 0.416 e. The summed E-state index contributed by atoms with van der Waals surface area (Å²) in [5.74, 6) is 0.151. The number of guanidine groups is 1. The molecular formula is C17H21F4IN4O. The fourth-order valence-corrected chi connectivity index (χ4v) is 2.22. The van der Waals surface area contributed by atoms with Gasteiger partial charge in [0.05, 0.1) is 17.8 Å². The summed E-state index contributed by atoms with van der Waals surface area (Å²) in [6.07, 6.45) is -4.64. The number of hydrogen-bond acceptors (Lipinski definition) is 3. The Morgan fingerprint density at radius 1 is 1.19 bits per heavy atom. The van der Waals surface area contributed by atoms with Crippen LogP contribution >= 0.6 is 24.0 Å². The van der Waals surface area contributed by atoms with Crippen LogP contribution in [-0.2, 0) is 19.3 Å². The molecule has 150 valence electrons. The van der Waals surface area contributed by atoms with Crippen molar-refractivity contribution >= 4 is 29.9 Å². The molecule has 0 aliphatic carbocycles. The predicted octanol–water partition coefficient (Wildman–Crippen LogP) is 4.44. The van der Waals surface area contributed by atoms with Crippen LogP contribution in [0.25, 0.3) is 0 Å². The zero-order valence-electron chi connectivity index (χ0n) is 15.0. The third-order valence-electron chi connectivity index (χ3n) is 3.65. The molecule has 2 rings (SSSR count). The molecule has 2 N–H and O–H groups in total. The maximum absolute atomic E-state index is 13.1. The molecular weight excluding hydrogens is 479 g/mol. The van der Waals surface area contributed by atoms with Gasteiger partial charge in [-0.05, 0) is 23.6 Å². The van der Waals surface area contributed by atoms with Crippen molar-refractivity contribution in [1.82, 2.24) is 15.8 Å². The summed E-state index contributed by atoms with van der Waals surface area (Å²) in [6.45, 7) is 4.07.